The molecule has 4 N–H and O–H groups in total. The molecular formula is C38H28N2O5. The smallest absolute Gasteiger partial charge is 0.193 e. The van der Waals surface area contributed by atoms with Gasteiger partial charge >= 0.3 is 0 Å². The quantitative estimate of drug-likeness (QED) is 0.121. The van der Waals surface area contributed by atoms with E-state index in [0.717, 1.165) is 0 Å². The lowest BCUT2D eigenvalue weighted by atomic mass is 10.0. The van der Waals surface area contributed by atoms with Crippen LogP contribution in [0.3, 0.4) is 0 Å². The second kappa shape index (κ2) is 12.9. The maximum Gasteiger partial charge on any atom is 0.193 e. The van der Waals surface area contributed by atoms with Gasteiger partial charge in [0.15, 0.2) is 11.6 Å². The van der Waals surface area contributed by atoms with Gasteiger partial charge in [-0.25, -0.2) is 0 Å². The van der Waals surface area contributed by atoms with Gasteiger partial charge in [-0.15, -0.1) is 0 Å². The van der Waals surface area contributed by atoms with Crippen molar-refractivity contribution in [2.75, 3.05) is 11.5 Å². The van der Waals surface area contributed by atoms with Crippen LogP contribution < -0.4 is 25.7 Å². The van der Waals surface area contributed by atoms with E-state index >= 15 is 0 Å². The number of carbonyl (C=O) groups is 2. The molecule has 0 spiro atoms. The highest BCUT2D eigenvalue weighted by Crippen LogP contribution is 2.28. The number of nitrogen functional groups attached to an aromatic ring is 2. The number of benzene rings is 6. The van der Waals surface area contributed by atoms with Gasteiger partial charge in [-0.2, -0.15) is 0 Å². The maximum atomic E-state index is 13.2. The predicted molar refractivity (Wildman–Crippen MR) is 175 cm³/mol. The summed E-state index contributed by atoms with van der Waals surface area (Å²) in [4.78, 5) is 26.3. The topological polar surface area (TPSA) is 114 Å². The van der Waals surface area contributed by atoms with Crippen LogP contribution in [0.2, 0.25) is 0 Å². The lowest BCUT2D eigenvalue weighted by molar-refractivity contribution is 0.103. The highest BCUT2D eigenvalue weighted by Gasteiger charge is 2.13. The first-order chi connectivity index (χ1) is 21.9. The third-order valence-corrected chi connectivity index (χ3v) is 6.89. The van der Waals surface area contributed by atoms with Gasteiger partial charge in [0.25, 0.3) is 0 Å². The van der Waals surface area contributed by atoms with E-state index in [4.69, 9.17) is 25.7 Å². The number of ketones is 2. The molecule has 0 saturated carbocycles. The van der Waals surface area contributed by atoms with Crippen molar-refractivity contribution in [2.45, 2.75) is 0 Å². The minimum Gasteiger partial charge on any atom is -0.457 e. The van der Waals surface area contributed by atoms with Crippen LogP contribution in [0.1, 0.15) is 31.8 Å². The molecule has 0 bridgehead atoms. The van der Waals surface area contributed by atoms with E-state index in [1.807, 2.05) is 0 Å². The predicted octanol–water partition coefficient (Wildman–Crippen LogP) is 8.69. The van der Waals surface area contributed by atoms with Gasteiger partial charge in [0.1, 0.15) is 34.5 Å². The van der Waals surface area contributed by atoms with Crippen molar-refractivity contribution in [1.82, 2.24) is 0 Å². The molecule has 0 amide bonds. The van der Waals surface area contributed by atoms with Crippen molar-refractivity contribution >= 4 is 22.9 Å². The monoisotopic (exact) mass is 592 g/mol. The van der Waals surface area contributed by atoms with Gasteiger partial charge in [0.2, 0.25) is 0 Å². The van der Waals surface area contributed by atoms with Crippen molar-refractivity contribution in [3.8, 4) is 34.5 Å². The van der Waals surface area contributed by atoms with E-state index in [9.17, 15) is 9.59 Å². The molecule has 7 nitrogen and oxygen atoms in total. The molecule has 0 aliphatic heterocycles. The van der Waals surface area contributed by atoms with Crippen LogP contribution in [0.15, 0.2) is 146 Å². The zero-order chi connectivity index (χ0) is 31.2. The highest BCUT2D eigenvalue weighted by molar-refractivity contribution is 6.09. The fourth-order valence-corrected chi connectivity index (χ4v) is 4.56. The van der Waals surface area contributed by atoms with Crippen LogP contribution in [0.25, 0.3) is 0 Å². The molecule has 0 unspecified atom stereocenters. The molecule has 0 aliphatic rings. The van der Waals surface area contributed by atoms with E-state index in [1.54, 1.807) is 146 Å². The molecule has 0 atom stereocenters. The van der Waals surface area contributed by atoms with Crippen LogP contribution >= 0.6 is 0 Å². The lowest BCUT2D eigenvalue weighted by Gasteiger charge is -2.10. The first-order valence-corrected chi connectivity index (χ1v) is 14.1. The molecular weight excluding hydrogens is 564 g/mol. The number of rotatable bonds is 10. The summed E-state index contributed by atoms with van der Waals surface area (Å²) >= 11 is 0. The summed E-state index contributed by atoms with van der Waals surface area (Å²) in [6, 6.07) is 41.9. The van der Waals surface area contributed by atoms with Gasteiger partial charge in [-0.3, -0.25) is 9.59 Å². The Balaban J connectivity index is 1.08. The average Bonchev–Trinajstić information content (AvgIpc) is 3.07. The Bertz CT molecular complexity index is 1810. The largest absolute Gasteiger partial charge is 0.457 e. The van der Waals surface area contributed by atoms with E-state index in [2.05, 4.69) is 0 Å². The summed E-state index contributed by atoms with van der Waals surface area (Å²) in [6.07, 6.45) is 0. The SMILES string of the molecule is Nc1ccc(Oc2cccc(C(=O)c3ccc(Oc4ccc(C(=O)c5cccc(Oc6ccc(N)cc6)c5)cc4)cc3)c2)cc1. The first kappa shape index (κ1) is 28.8. The standard InChI is InChI=1S/C38H28N2O5/c39-29-11-19-33(20-12-29)44-35-5-1-3-27(23-35)37(41)25-7-15-31(16-8-25)43-32-17-9-26(10-18-32)38(42)28-4-2-6-36(24-28)45-34-21-13-30(40)14-22-34/h1-24H,39-40H2. The number of anilines is 2. The molecule has 6 aromatic rings. The molecule has 0 aromatic heterocycles. The zero-order valence-electron chi connectivity index (χ0n) is 24.1. The van der Waals surface area contributed by atoms with E-state index in [1.165, 1.54) is 0 Å². The minimum atomic E-state index is -0.143. The second-order valence-corrected chi connectivity index (χ2v) is 10.2. The Kier molecular flexibility index (Phi) is 8.24. The summed E-state index contributed by atoms with van der Waals surface area (Å²) in [5.41, 5.74) is 14.8. The summed E-state index contributed by atoms with van der Waals surface area (Å²) in [6.45, 7) is 0. The van der Waals surface area contributed by atoms with Gasteiger partial charge in [0, 0.05) is 33.6 Å². The van der Waals surface area contributed by atoms with Crippen molar-refractivity contribution < 1.29 is 23.8 Å². The van der Waals surface area contributed by atoms with E-state index < -0.39 is 0 Å². The Morgan fingerprint density at radius 1 is 0.356 bits per heavy atom. The Morgan fingerprint density at radius 2 is 0.667 bits per heavy atom. The summed E-state index contributed by atoms with van der Waals surface area (Å²) in [7, 11) is 0. The fraction of sp³-hybridized carbons (Fsp3) is 0. The van der Waals surface area contributed by atoms with Gasteiger partial charge in [-0.1, -0.05) is 24.3 Å². The normalized spacial score (nSPS) is 10.6. The Labute approximate surface area is 260 Å². The zero-order valence-corrected chi connectivity index (χ0v) is 24.1. The van der Waals surface area contributed by atoms with Crippen LogP contribution in [-0.2, 0) is 0 Å². The molecule has 6 aromatic carbocycles. The average molecular weight is 593 g/mol. The Morgan fingerprint density at radius 3 is 1.02 bits per heavy atom. The van der Waals surface area contributed by atoms with Crippen LogP contribution in [0, 0.1) is 0 Å². The molecule has 0 saturated heterocycles. The number of hydrogen-bond acceptors (Lipinski definition) is 7. The number of ether oxygens (including phenoxy) is 3. The number of carbonyl (C=O) groups excluding carboxylic acids is 2. The fourth-order valence-electron chi connectivity index (χ4n) is 4.56. The van der Waals surface area contributed by atoms with Crippen molar-refractivity contribution in [3.05, 3.63) is 168 Å². The number of hydrogen-bond donors (Lipinski definition) is 2. The summed E-state index contributed by atoms with van der Waals surface area (Å²) < 4.78 is 17.7. The molecule has 7 heteroatoms. The first-order valence-electron chi connectivity index (χ1n) is 14.1. The minimum absolute atomic E-state index is 0.143. The van der Waals surface area contributed by atoms with Crippen molar-refractivity contribution in [3.63, 3.8) is 0 Å². The Hall–Kier alpha value is -6.34. The van der Waals surface area contributed by atoms with E-state index in [-0.39, 0.29) is 11.6 Å². The molecule has 0 fully saturated rings. The molecule has 0 radical (unpaired) electrons. The molecule has 6 rings (SSSR count). The van der Waals surface area contributed by atoms with Crippen LogP contribution in [0.4, 0.5) is 11.4 Å². The maximum absolute atomic E-state index is 13.2. The molecule has 0 aliphatic carbocycles. The third kappa shape index (κ3) is 7.18. The van der Waals surface area contributed by atoms with Gasteiger partial charge < -0.3 is 25.7 Å². The van der Waals surface area contributed by atoms with Crippen molar-refractivity contribution in [1.29, 1.82) is 0 Å². The van der Waals surface area contributed by atoms with E-state index in [0.29, 0.717) is 68.1 Å². The molecule has 220 valence electrons. The van der Waals surface area contributed by atoms with Crippen LogP contribution in [0.5, 0.6) is 34.5 Å². The van der Waals surface area contributed by atoms with Gasteiger partial charge in [0.05, 0.1) is 0 Å². The van der Waals surface area contributed by atoms with Crippen molar-refractivity contribution in [2.24, 2.45) is 0 Å². The van der Waals surface area contributed by atoms with Crippen LogP contribution in [-0.4, -0.2) is 11.6 Å². The third-order valence-electron chi connectivity index (χ3n) is 6.89. The summed E-state index contributed by atoms with van der Waals surface area (Å²) in [5.74, 6) is 3.17. The second-order valence-electron chi connectivity index (χ2n) is 10.2. The molecule has 45 heavy (non-hydrogen) atoms. The molecule has 0 heterocycles. The van der Waals surface area contributed by atoms with Gasteiger partial charge in [-0.05, 0) is 121 Å². The summed E-state index contributed by atoms with van der Waals surface area (Å²) in [5, 5.41) is 0. The highest BCUT2D eigenvalue weighted by atomic mass is 16.5. The number of nitrogens with two attached hydrogens (primary N) is 2. The lowest BCUT2D eigenvalue weighted by Crippen LogP contribution is -2.02.